The summed E-state index contributed by atoms with van der Waals surface area (Å²) in [4.78, 5) is 76.9. The molecule has 274 valence electrons. The molecule has 0 saturated heterocycles. The maximum Gasteiger partial charge on any atom is 0.338 e. The van der Waals surface area contributed by atoms with E-state index in [0.717, 1.165) is 20.8 Å². The third kappa shape index (κ3) is 9.17. The van der Waals surface area contributed by atoms with Gasteiger partial charge in [-0.3, -0.25) is 24.0 Å². The number of carbonyl (C=O) groups is 6. The first-order valence-electron chi connectivity index (χ1n) is 16.4. The van der Waals surface area contributed by atoms with E-state index >= 15 is 0 Å². The van der Waals surface area contributed by atoms with Crippen LogP contribution in [0, 0.1) is 17.3 Å². The normalized spacial score (nSPS) is 33.7. The molecule has 1 aromatic carbocycles. The van der Waals surface area contributed by atoms with E-state index in [2.05, 4.69) is 0 Å². The zero-order valence-corrected chi connectivity index (χ0v) is 30.2. The van der Waals surface area contributed by atoms with Gasteiger partial charge >= 0.3 is 35.8 Å². The van der Waals surface area contributed by atoms with E-state index in [1.54, 1.807) is 70.2 Å². The first-order chi connectivity index (χ1) is 23.1. The van der Waals surface area contributed by atoms with Crippen molar-refractivity contribution < 1.29 is 62.3 Å². The Hall–Kier alpha value is -4.52. The summed E-state index contributed by atoms with van der Waals surface area (Å²) in [6, 6.07) is 8.15. The maximum absolute atomic E-state index is 13.5. The van der Waals surface area contributed by atoms with Crippen LogP contribution in [0.2, 0.25) is 0 Å². The molecule has 0 bridgehead atoms. The highest BCUT2D eigenvalue weighted by Crippen LogP contribution is 2.51. The molecule has 1 fully saturated rings. The molecule has 0 heterocycles. The molecule has 50 heavy (non-hydrogen) atoms. The van der Waals surface area contributed by atoms with Crippen LogP contribution in [0.4, 0.5) is 0 Å². The summed E-state index contributed by atoms with van der Waals surface area (Å²) >= 11 is 0. The van der Waals surface area contributed by atoms with E-state index in [4.69, 9.17) is 28.4 Å². The maximum atomic E-state index is 13.5. The van der Waals surface area contributed by atoms with Crippen molar-refractivity contribution >= 4 is 35.8 Å². The van der Waals surface area contributed by atoms with Crippen LogP contribution in [0.25, 0.3) is 0 Å². The van der Waals surface area contributed by atoms with Crippen molar-refractivity contribution in [2.24, 2.45) is 17.3 Å². The molecule has 0 amide bonds. The Labute approximate surface area is 292 Å². The summed E-state index contributed by atoms with van der Waals surface area (Å²) < 4.78 is 35.3. The van der Waals surface area contributed by atoms with Crippen LogP contribution in [-0.4, -0.2) is 82.6 Å². The predicted octanol–water partition coefficient (Wildman–Crippen LogP) is 4.19. The first-order valence-corrected chi connectivity index (χ1v) is 16.4. The summed E-state index contributed by atoms with van der Waals surface area (Å²) in [5.74, 6) is -5.97. The molecule has 0 radical (unpaired) electrons. The molecular weight excluding hydrogens is 652 g/mol. The minimum Gasteiger partial charge on any atom is -0.458 e. The van der Waals surface area contributed by atoms with Crippen LogP contribution in [0.15, 0.2) is 54.1 Å². The lowest BCUT2D eigenvalue weighted by molar-refractivity contribution is -0.207. The lowest BCUT2D eigenvalue weighted by Crippen LogP contribution is -2.59. The highest BCUT2D eigenvalue weighted by Gasteiger charge is 2.61. The standard InChI is InChI=1S/C37H48O13/c1-20-16-17-35(8,9)32(47-24(5)40)30(45-22(3)38)33(48-25(6)41)36(10,44)19-28-29(49-34(43)27-14-12-11-13-15-27)21(2)18-37(28,50-26(7)42)31(20)46-23(4)39/h11-17,19-21,29-33,44H,18H2,1-10H3/b17-16+,28-19+/t20-,21-,29-,30+,31-,32+,33+,36-,37+/m0/s1. The second kappa shape index (κ2) is 15.6. The van der Waals surface area contributed by atoms with Crippen LogP contribution in [0.3, 0.4) is 0 Å². The number of ether oxygens (including phenoxy) is 6. The average molecular weight is 701 g/mol. The van der Waals surface area contributed by atoms with Gasteiger partial charge in [-0.1, -0.05) is 58.0 Å². The van der Waals surface area contributed by atoms with E-state index < -0.39 is 94.8 Å². The molecule has 1 N–H and O–H groups in total. The summed E-state index contributed by atoms with van der Waals surface area (Å²) in [5.41, 5.74) is -5.09. The third-order valence-corrected chi connectivity index (χ3v) is 8.81. The lowest BCUT2D eigenvalue weighted by Gasteiger charge is -2.45. The Bertz CT molecular complexity index is 1520. The number of esters is 6. The van der Waals surface area contributed by atoms with Gasteiger partial charge in [0.2, 0.25) is 0 Å². The van der Waals surface area contributed by atoms with Crippen LogP contribution in [-0.2, 0) is 52.4 Å². The number of hydrogen-bond donors (Lipinski definition) is 1. The fourth-order valence-corrected chi connectivity index (χ4v) is 6.88. The van der Waals surface area contributed by atoms with Crippen molar-refractivity contribution in [1.29, 1.82) is 0 Å². The van der Waals surface area contributed by atoms with E-state index in [0.29, 0.717) is 0 Å². The summed E-state index contributed by atoms with van der Waals surface area (Å²) in [7, 11) is 0. The van der Waals surface area contributed by atoms with Crippen molar-refractivity contribution in [2.45, 2.75) is 117 Å². The zero-order valence-electron chi connectivity index (χ0n) is 30.2. The Balaban J connectivity index is 2.50. The second-order valence-electron chi connectivity index (χ2n) is 13.9. The van der Waals surface area contributed by atoms with Gasteiger partial charge in [0.1, 0.15) is 11.7 Å². The summed E-state index contributed by atoms with van der Waals surface area (Å²) in [5, 5.41) is 12.5. The third-order valence-electron chi connectivity index (χ3n) is 8.81. The van der Waals surface area contributed by atoms with Crippen molar-refractivity contribution in [2.75, 3.05) is 0 Å². The van der Waals surface area contributed by atoms with E-state index in [1.165, 1.54) is 26.8 Å². The highest BCUT2D eigenvalue weighted by molar-refractivity contribution is 5.89. The molecule has 0 aliphatic heterocycles. The van der Waals surface area contributed by atoms with Crippen LogP contribution in [0.5, 0.6) is 0 Å². The topological polar surface area (TPSA) is 178 Å². The Morgan fingerprint density at radius 1 is 0.700 bits per heavy atom. The van der Waals surface area contributed by atoms with Crippen molar-refractivity contribution in [3.8, 4) is 0 Å². The molecule has 0 unspecified atom stereocenters. The molecule has 3 rings (SSSR count). The van der Waals surface area contributed by atoms with Gasteiger partial charge in [0.15, 0.2) is 30.0 Å². The smallest absolute Gasteiger partial charge is 0.338 e. The van der Waals surface area contributed by atoms with Gasteiger partial charge < -0.3 is 33.5 Å². The van der Waals surface area contributed by atoms with Gasteiger partial charge in [-0.05, 0) is 25.1 Å². The van der Waals surface area contributed by atoms with E-state index in [1.807, 2.05) is 0 Å². The van der Waals surface area contributed by atoms with Crippen molar-refractivity contribution in [1.82, 2.24) is 0 Å². The minimum absolute atomic E-state index is 0.0254. The monoisotopic (exact) mass is 700 g/mol. The molecule has 0 spiro atoms. The van der Waals surface area contributed by atoms with Gasteiger partial charge in [0, 0.05) is 63.9 Å². The van der Waals surface area contributed by atoms with Gasteiger partial charge in [-0.2, -0.15) is 0 Å². The number of carbonyl (C=O) groups excluding carboxylic acids is 6. The van der Waals surface area contributed by atoms with E-state index in [-0.39, 0.29) is 17.6 Å². The first kappa shape index (κ1) is 39.9. The lowest BCUT2D eigenvalue weighted by atomic mass is 9.74. The SMILES string of the molecule is CC(=O)O[C@@H]1[C@@H](OC(C)=O)C(C)(C)/C=C/[C@H](C)[C@H](OC(C)=O)[C@@]2(OC(C)=O)C[C@H](C)[C@H](OC(=O)c3ccccc3)/C2=C\[C@](C)(O)[C@@H]1OC(C)=O. The molecule has 9 atom stereocenters. The highest BCUT2D eigenvalue weighted by atomic mass is 16.6. The molecule has 1 saturated carbocycles. The van der Waals surface area contributed by atoms with E-state index in [9.17, 15) is 33.9 Å². The van der Waals surface area contributed by atoms with Crippen LogP contribution in [0.1, 0.15) is 86.0 Å². The largest absolute Gasteiger partial charge is 0.458 e. The fraction of sp³-hybridized carbons (Fsp3) is 0.568. The quantitative estimate of drug-likeness (QED) is 0.244. The molecule has 0 aromatic heterocycles. The Morgan fingerprint density at radius 2 is 1.22 bits per heavy atom. The van der Waals surface area contributed by atoms with Gasteiger partial charge in [0.25, 0.3) is 0 Å². The van der Waals surface area contributed by atoms with Gasteiger partial charge in [-0.25, -0.2) is 4.79 Å². The molecular formula is C37H48O13. The predicted molar refractivity (Wildman–Crippen MR) is 177 cm³/mol. The van der Waals surface area contributed by atoms with Crippen molar-refractivity contribution in [3.63, 3.8) is 0 Å². The molecule has 2 aliphatic rings. The van der Waals surface area contributed by atoms with Gasteiger partial charge in [0.05, 0.1) is 5.56 Å². The fourth-order valence-electron chi connectivity index (χ4n) is 6.88. The number of fused-ring (bicyclic) bond motifs is 1. The van der Waals surface area contributed by atoms with Crippen LogP contribution < -0.4 is 0 Å². The zero-order chi connectivity index (χ0) is 37.8. The minimum atomic E-state index is -2.32. The number of hydrogen-bond acceptors (Lipinski definition) is 13. The number of aliphatic hydroxyl groups is 1. The number of benzene rings is 1. The molecule has 2 aliphatic carbocycles. The molecule has 13 heteroatoms. The van der Waals surface area contributed by atoms with Gasteiger partial charge in [-0.15, -0.1) is 0 Å². The average Bonchev–Trinajstić information content (AvgIpc) is 3.23. The molecule has 1 aromatic rings. The summed E-state index contributed by atoms with van der Waals surface area (Å²) in [6.45, 7) is 13.8. The second-order valence-corrected chi connectivity index (χ2v) is 13.9. The van der Waals surface area contributed by atoms with Crippen LogP contribution >= 0.6 is 0 Å². The Kier molecular flexibility index (Phi) is 12.4. The molecule has 13 nitrogen and oxygen atoms in total. The summed E-state index contributed by atoms with van der Waals surface area (Å²) in [6.07, 6.45) is -2.61. The number of rotatable bonds is 7. The Morgan fingerprint density at radius 3 is 1.74 bits per heavy atom. The van der Waals surface area contributed by atoms with Crippen molar-refractivity contribution in [3.05, 3.63) is 59.7 Å².